The molecule has 0 saturated carbocycles. The Morgan fingerprint density at radius 1 is 1.20 bits per heavy atom. The second-order valence-electron chi connectivity index (χ2n) is 4.51. The number of rotatable bonds is 4. The first-order valence-electron chi connectivity index (χ1n) is 5.56. The van der Waals surface area contributed by atoms with Gasteiger partial charge in [0.25, 0.3) is 0 Å². The molecule has 0 bridgehead atoms. The SMILES string of the molecule is COC(C)(CC(F)(F)C(F)(F)F)c1cccc(C#N)c1. The first kappa shape index (κ1) is 16.4. The monoisotopic (exact) mass is 293 g/mol. The molecule has 0 amide bonds. The number of nitriles is 1. The topological polar surface area (TPSA) is 33.0 Å². The zero-order valence-corrected chi connectivity index (χ0v) is 10.8. The van der Waals surface area contributed by atoms with Gasteiger partial charge in [-0.25, -0.2) is 0 Å². The molecule has 0 spiro atoms. The van der Waals surface area contributed by atoms with E-state index in [9.17, 15) is 22.0 Å². The second-order valence-corrected chi connectivity index (χ2v) is 4.51. The van der Waals surface area contributed by atoms with Gasteiger partial charge in [-0.05, 0) is 24.6 Å². The Balaban J connectivity index is 3.18. The van der Waals surface area contributed by atoms with Crippen molar-refractivity contribution < 1.29 is 26.7 Å². The molecule has 0 N–H and O–H groups in total. The van der Waals surface area contributed by atoms with Gasteiger partial charge in [0.2, 0.25) is 0 Å². The van der Waals surface area contributed by atoms with Crippen molar-refractivity contribution in [2.24, 2.45) is 0 Å². The molecule has 7 heteroatoms. The quantitative estimate of drug-likeness (QED) is 0.786. The number of ether oxygens (including phenoxy) is 1. The van der Waals surface area contributed by atoms with Crippen LogP contribution in [0.4, 0.5) is 22.0 Å². The van der Waals surface area contributed by atoms with Crippen molar-refractivity contribution in [3.05, 3.63) is 35.4 Å². The minimum atomic E-state index is -5.65. The number of alkyl halides is 5. The molecule has 0 aromatic heterocycles. The summed E-state index contributed by atoms with van der Waals surface area (Å²) in [5.74, 6) is -4.89. The number of hydrogen-bond acceptors (Lipinski definition) is 2. The Kier molecular flexibility index (Phi) is 4.39. The highest BCUT2D eigenvalue weighted by atomic mass is 19.4. The van der Waals surface area contributed by atoms with Gasteiger partial charge in [0.05, 0.1) is 23.7 Å². The van der Waals surface area contributed by atoms with Crippen LogP contribution in [0.15, 0.2) is 24.3 Å². The summed E-state index contributed by atoms with van der Waals surface area (Å²) in [6, 6.07) is 7.19. The predicted octanol–water partition coefficient (Wildman–Crippen LogP) is 4.01. The summed E-state index contributed by atoms with van der Waals surface area (Å²) in [4.78, 5) is 0. The van der Waals surface area contributed by atoms with E-state index in [0.29, 0.717) is 0 Å². The van der Waals surface area contributed by atoms with Crippen LogP contribution < -0.4 is 0 Å². The highest BCUT2D eigenvalue weighted by Gasteiger charge is 2.60. The fourth-order valence-corrected chi connectivity index (χ4v) is 1.73. The van der Waals surface area contributed by atoms with E-state index in [2.05, 4.69) is 0 Å². The van der Waals surface area contributed by atoms with Crippen molar-refractivity contribution in [3.8, 4) is 6.07 Å². The van der Waals surface area contributed by atoms with Gasteiger partial charge in [-0.15, -0.1) is 0 Å². The summed E-state index contributed by atoms with van der Waals surface area (Å²) < 4.78 is 68.2. The van der Waals surface area contributed by atoms with Crippen molar-refractivity contribution in [2.75, 3.05) is 7.11 Å². The molecule has 20 heavy (non-hydrogen) atoms. The Hall–Kier alpha value is -1.68. The van der Waals surface area contributed by atoms with E-state index >= 15 is 0 Å². The predicted molar refractivity (Wildman–Crippen MR) is 61.1 cm³/mol. The average Bonchev–Trinajstić information content (AvgIpc) is 2.37. The number of hydrogen-bond donors (Lipinski definition) is 0. The molecular weight excluding hydrogens is 281 g/mol. The van der Waals surface area contributed by atoms with E-state index in [4.69, 9.17) is 10.00 Å². The van der Waals surface area contributed by atoms with E-state index in [1.54, 1.807) is 6.07 Å². The first-order valence-corrected chi connectivity index (χ1v) is 5.56. The Morgan fingerprint density at radius 2 is 1.80 bits per heavy atom. The van der Waals surface area contributed by atoms with Crippen LogP contribution in [-0.2, 0) is 10.3 Å². The van der Waals surface area contributed by atoms with Gasteiger partial charge in [-0.2, -0.15) is 27.2 Å². The van der Waals surface area contributed by atoms with E-state index in [-0.39, 0.29) is 11.1 Å². The Bertz CT molecular complexity index is 520. The molecule has 0 aliphatic heterocycles. The van der Waals surface area contributed by atoms with Crippen molar-refractivity contribution in [1.29, 1.82) is 5.26 Å². The molecule has 1 aromatic carbocycles. The van der Waals surface area contributed by atoms with Crippen molar-refractivity contribution in [1.82, 2.24) is 0 Å². The summed E-state index contributed by atoms with van der Waals surface area (Å²) >= 11 is 0. The maximum atomic E-state index is 13.2. The number of halogens is 5. The number of methoxy groups -OCH3 is 1. The van der Waals surface area contributed by atoms with Crippen LogP contribution >= 0.6 is 0 Å². The first-order chi connectivity index (χ1) is 9.05. The third-order valence-electron chi connectivity index (χ3n) is 3.03. The molecule has 1 rings (SSSR count). The normalized spacial score (nSPS) is 15.5. The van der Waals surface area contributed by atoms with Crippen LogP contribution in [0.25, 0.3) is 0 Å². The van der Waals surface area contributed by atoms with E-state index in [1.165, 1.54) is 24.3 Å². The van der Waals surface area contributed by atoms with Crippen LogP contribution in [0.3, 0.4) is 0 Å². The molecule has 0 heterocycles. The molecule has 0 saturated heterocycles. The van der Waals surface area contributed by atoms with Crippen molar-refractivity contribution in [2.45, 2.75) is 31.0 Å². The van der Waals surface area contributed by atoms with Crippen molar-refractivity contribution in [3.63, 3.8) is 0 Å². The molecule has 0 fully saturated rings. The van der Waals surface area contributed by atoms with E-state index in [1.807, 2.05) is 0 Å². The van der Waals surface area contributed by atoms with Crippen LogP contribution in [0.1, 0.15) is 24.5 Å². The second kappa shape index (κ2) is 5.37. The third-order valence-corrected chi connectivity index (χ3v) is 3.03. The minimum Gasteiger partial charge on any atom is -0.374 e. The highest BCUT2D eigenvalue weighted by molar-refractivity contribution is 5.35. The van der Waals surface area contributed by atoms with Crippen molar-refractivity contribution >= 4 is 0 Å². The van der Waals surface area contributed by atoms with Crippen LogP contribution in [-0.4, -0.2) is 19.2 Å². The molecule has 1 aromatic rings. The van der Waals surface area contributed by atoms with Gasteiger partial charge < -0.3 is 4.74 Å². The summed E-state index contributed by atoms with van der Waals surface area (Å²) in [6.45, 7) is 1.13. The minimum absolute atomic E-state index is 0.0861. The Morgan fingerprint density at radius 3 is 2.25 bits per heavy atom. The zero-order valence-electron chi connectivity index (χ0n) is 10.8. The summed E-state index contributed by atoms with van der Waals surface area (Å²) in [5, 5.41) is 8.74. The maximum Gasteiger partial charge on any atom is 0.453 e. The van der Waals surface area contributed by atoms with Gasteiger partial charge in [0.1, 0.15) is 0 Å². The highest BCUT2D eigenvalue weighted by Crippen LogP contribution is 2.45. The van der Waals surface area contributed by atoms with Gasteiger partial charge >= 0.3 is 12.1 Å². The summed E-state index contributed by atoms with van der Waals surface area (Å²) in [5.41, 5.74) is -1.62. The van der Waals surface area contributed by atoms with Gasteiger partial charge in [0.15, 0.2) is 0 Å². The van der Waals surface area contributed by atoms with E-state index in [0.717, 1.165) is 14.0 Å². The molecule has 1 unspecified atom stereocenters. The maximum absolute atomic E-state index is 13.2. The van der Waals surface area contributed by atoms with Gasteiger partial charge in [0, 0.05) is 7.11 Å². The third kappa shape index (κ3) is 3.25. The lowest BCUT2D eigenvalue weighted by Crippen LogP contribution is -2.43. The summed E-state index contributed by atoms with van der Waals surface area (Å²) in [7, 11) is 1.05. The zero-order chi connectivity index (χ0) is 15.6. The smallest absolute Gasteiger partial charge is 0.374 e. The molecule has 1 atom stereocenters. The molecule has 0 aliphatic rings. The lowest BCUT2D eigenvalue weighted by molar-refractivity contribution is -0.298. The molecule has 0 radical (unpaired) electrons. The van der Waals surface area contributed by atoms with Gasteiger partial charge in [-0.1, -0.05) is 12.1 Å². The van der Waals surface area contributed by atoms with Gasteiger partial charge in [-0.3, -0.25) is 0 Å². The van der Waals surface area contributed by atoms with Crippen LogP contribution in [0.5, 0.6) is 0 Å². The van der Waals surface area contributed by atoms with Crippen LogP contribution in [0.2, 0.25) is 0 Å². The van der Waals surface area contributed by atoms with Crippen LogP contribution in [0, 0.1) is 11.3 Å². The standard InChI is InChI=1S/C13H12F5NO/c1-11(20-2,8-12(14,15)13(16,17)18)10-5-3-4-9(6-10)7-19/h3-6H,8H2,1-2H3. The molecular formula is C13H12F5NO. The average molecular weight is 293 g/mol. The lowest BCUT2D eigenvalue weighted by atomic mass is 9.88. The molecule has 0 aliphatic carbocycles. The van der Waals surface area contributed by atoms with E-state index < -0.39 is 24.1 Å². The largest absolute Gasteiger partial charge is 0.453 e. The molecule has 110 valence electrons. The number of nitrogens with zero attached hydrogens (tertiary/aromatic N) is 1. The summed E-state index contributed by atoms with van der Waals surface area (Å²) in [6.07, 6.45) is -7.21. The molecule has 2 nitrogen and oxygen atoms in total. The Labute approximate surface area is 112 Å². The lowest BCUT2D eigenvalue weighted by Gasteiger charge is -2.33. The fourth-order valence-electron chi connectivity index (χ4n) is 1.73. The fraction of sp³-hybridized carbons (Fsp3) is 0.462. The number of benzene rings is 1.